The maximum absolute atomic E-state index is 12.9. The van der Waals surface area contributed by atoms with E-state index in [1.54, 1.807) is 35.2 Å². The van der Waals surface area contributed by atoms with E-state index in [0.29, 0.717) is 11.6 Å². The van der Waals surface area contributed by atoms with Crippen LogP contribution < -0.4 is 0 Å². The van der Waals surface area contributed by atoms with E-state index < -0.39 is 0 Å². The molecule has 1 aromatic carbocycles. The van der Waals surface area contributed by atoms with Gasteiger partial charge in [0.15, 0.2) is 10.2 Å². The first-order chi connectivity index (χ1) is 10.6. The molecule has 114 valence electrons. The van der Waals surface area contributed by atoms with Crippen molar-refractivity contribution in [3.05, 3.63) is 47.2 Å². The van der Waals surface area contributed by atoms with Gasteiger partial charge >= 0.3 is 0 Å². The monoisotopic (exact) mass is 335 g/mol. The second kappa shape index (κ2) is 6.58. The van der Waals surface area contributed by atoms with E-state index in [-0.39, 0.29) is 11.7 Å². The number of rotatable bonds is 5. The normalized spacial score (nSPS) is 11.3. The first-order valence-electron chi connectivity index (χ1n) is 6.78. The fourth-order valence-electron chi connectivity index (χ4n) is 1.76. The number of hydrogen-bond acceptors (Lipinski definition) is 6. The topological polar surface area (TPSA) is 51.8 Å². The molecular formula is C15H14FN3OS2. The van der Waals surface area contributed by atoms with Crippen LogP contribution in [0.25, 0.3) is 11.3 Å². The number of aromatic nitrogens is 3. The molecule has 2 heterocycles. The summed E-state index contributed by atoms with van der Waals surface area (Å²) < 4.78 is 19.1. The van der Waals surface area contributed by atoms with Gasteiger partial charge in [0.05, 0.1) is 11.4 Å². The van der Waals surface area contributed by atoms with Gasteiger partial charge in [-0.05, 0) is 24.3 Å². The van der Waals surface area contributed by atoms with Crippen LogP contribution in [0.15, 0.2) is 38.5 Å². The molecule has 0 saturated heterocycles. The quantitative estimate of drug-likeness (QED) is 0.630. The third kappa shape index (κ3) is 3.53. The van der Waals surface area contributed by atoms with Gasteiger partial charge in [-0.2, -0.15) is 4.98 Å². The molecule has 0 bridgehead atoms. The SMILES string of the molecule is CC(C)c1noc(CSc2nc(-c3ccc(F)cc3)cs2)n1. The van der Waals surface area contributed by atoms with Gasteiger partial charge in [0, 0.05) is 16.9 Å². The van der Waals surface area contributed by atoms with E-state index in [1.807, 2.05) is 19.2 Å². The van der Waals surface area contributed by atoms with Crippen LogP contribution in [0.4, 0.5) is 4.39 Å². The van der Waals surface area contributed by atoms with Gasteiger partial charge in [0.25, 0.3) is 0 Å². The molecule has 0 saturated carbocycles. The fraction of sp³-hybridized carbons (Fsp3) is 0.267. The van der Waals surface area contributed by atoms with E-state index in [9.17, 15) is 4.39 Å². The summed E-state index contributed by atoms with van der Waals surface area (Å²) in [5, 5.41) is 5.90. The highest BCUT2D eigenvalue weighted by Gasteiger charge is 2.11. The van der Waals surface area contributed by atoms with Crippen molar-refractivity contribution in [2.45, 2.75) is 29.9 Å². The summed E-state index contributed by atoms with van der Waals surface area (Å²) in [5.41, 5.74) is 1.75. The molecule has 4 nitrogen and oxygen atoms in total. The summed E-state index contributed by atoms with van der Waals surface area (Å²) in [6.07, 6.45) is 0. The summed E-state index contributed by atoms with van der Waals surface area (Å²) >= 11 is 3.10. The van der Waals surface area contributed by atoms with Crippen molar-refractivity contribution in [1.82, 2.24) is 15.1 Å². The minimum atomic E-state index is -0.245. The molecule has 0 aliphatic heterocycles. The third-order valence-corrected chi connectivity index (χ3v) is 4.95. The molecule has 0 atom stereocenters. The molecule has 0 aliphatic rings. The first kappa shape index (κ1) is 15.2. The number of benzene rings is 1. The van der Waals surface area contributed by atoms with Crippen LogP contribution in [0, 0.1) is 5.82 Å². The molecule has 0 unspecified atom stereocenters. The van der Waals surface area contributed by atoms with Gasteiger partial charge in [-0.25, -0.2) is 9.37 Å². The van der Waals surface area contributed by atoms with Crippen molar-refractivity contribution >= 4 is 23.1 Å². The molecule has 3 aromatic rings. The van der Waals surface area contributed by atoms with Gasteiger partial charge in [-0.15, -0.1) is 11.3 Å². The van der Waals surface area contributed by atoms with Gasteiger partial charge in [-0.3, -0.25) is 0 Å². The van der Waals surface area contributed by atoms with Gasteiger partial charge in [0.1, 0.15) is 5.82 Å². The second-order valence-electron chi connectivity index (χ2n) is 5.00. The van der Waals surface area contributed by atoms with E-state index >= 15 is 0 Å². The van der Waals surface area contributed by atoms with Crippen LogP contribution in [0.1, 0.15) is 31.5 Å². The molecule has 2 aromatic heterocycles. The van der Waals surface area contributed by atoms with Crippen molar-refractivity contribution in [2.24, 2.45) is 0 Å². The zero-order valence-electron chi connectivity index (χ0n) is 12.1. The summed E-state index contributed by atoms with van der Waals surface area (Å²) in [7, 11) is 0. The smallest absolute Gasteiger partial charge is 0.237 e. The molecule has 7 heteroatoms. The lowest BCUT2D eigenvalue weighted by Crippen LogP contribution is -1.90. The minimum Gasteiger partial charge on any atom is -0.338 e. The van der Waals surface area contributed by atoms with Crippen LogP contribution in [-0.4, -0.2) is 15.1 Å². The van der Waals surface area contributed by atoms with E-state index in [4.69, 9.17) is 4.52 Å². The Kier molecular flexibility index (Phi) is 4.54. The lowest BCUT2D eigenvalue weighted by molar-refractivity contribution is 0.383. The highest BCUT2D eigenvalue weighted by molar-refractivity contribution is 8.00. The Hall–Kier alpha value is -1.73. The van der Waals surface area contributed by atoms with Crippen molar-refractivity contribution < 1.29 is 8.91 Å². The Balaban J connectivity index is 1.65. The molecule has 3 rings (SSSR count). The number of thioether (sulfide) groups is 1. The van der Waals surface area contributed by atoms with Gasteiger partial charge < -0.3 is 4.52 Å². The number of nitrogens with zero attached hydrogens (tertiary/aromatic N) is 3. The number of halogens is 1. The van der Waals surface area contributed by atoms with E-state index in [1.165, 1.54) is 12.1 Å². The Bertz CT molecular complexity index is 752. The van der Waals surface area contributed by atoms with Crippen molar-refractivity contribution in [1.29, 1.82) is 0 Å². The molecule has 0 fully saturated rings. The largest absolute Gasteiger partial charge is 0.338 e. The standard InChI is InChI=1S/C15H14FN3OS2/c1-9(2)14-18-13(20-19-14)8-22-15-17-12(7-21-15)10-3-5-11(16)6-4-10/h3-7,9H,8H2,1-2H3. The summed E-state index contributed by atoms with van der Waals surface area (Å²) in [6.45, 7) is 4.05. The maximum atomic E-state index is 12.9. The Labute approximate surface area is 135 Å². The second-order valence-corrected chi connectivity index (χ2v) is 7.08. The molecule has 0 aliphatic carbocycles. The van der Waals surface area contributed by atoms with Crippen LogP contribution >= 0.6 is 23.1 Å². The summed E-state index contributed by atoms with van der Waals surface area (Å²) in [4.78, 5) is 8.87. The zero-order chi connectivity index (χ0) is 15.5. The lowest BCUT2D eigenvalue weighted by Gasteiger charge is -1.95. The highest BCUT2D eigenvalue weighted by atomic mass is 32.2. The Morgan fingerprint density at radius 3 is 2.68 bits per heavy atom. The Morgan fingerprint density at radius 2 is 2.00 bits per heavy atom. The van der Waals surface area contributed by atoms with Crippen LogP contribution in [0.2, 0.25) is 0 Å². The summed E-state index contributed by atoms with van der Waals surface area (Å²) in [5.74, 6) is 1.93. The zero-order valence-corrected chi connectivity index (χ0v) is 13.7. The molecule has 0 N–H and O–H groups in total. The first-order valence-corrected chi connectivity index (χ1v) is 8.65. The number of hydrogen-bond donors (Lipinski definition) is 0. The molecule has 22 heavy (non-hydrogen) atoms. The third-order valence-electron chi connectivity index (χ3n) is 2.94. The van der Waals surface area contributed by atoms with Gasteiger partial charge in [0.2, 0.25) is 5.89 Å². The average Bonchev–Trinajstić information content (AvgIpc) is 3.15. The molecule has 0 spiro atoms. The molecule has 0 amide bonds. The lowest BCUT2D eigenvalue weighted by atomic mass is 10.2. The van der Waals surface area contributed by atoms with E-state index in [2.05, 4.69) is 15.1 Å². The summed E-state index contributed by atoms with van der Waals surface area (Å²) in [6, 6.07) is 6.33. The maximum Gasteiger partial charge on any atom is 0.237 e. The fourth-order valence-corrected chi connectivity index (χ4v) is 3.43. The van der Waals surface area contributed by atoms with Gasteiger partial charge in [-0.1, -0.05) is 30.8 Å². The van der Waals surface area contributed by atoms with Crippen LogP contribution in [0.3, 0.4) is 0 Å². The van der Waals surface area contributed by atoms with Crippen molar-refractivity contribution in [2.75, 3.05) is 0 Å². The highest BCUT2D eigenvalue weighted by Crippen LogP contribution is 2.30. The predicted octanol–water partition coefficient (Wildman–Crippen LogP) is 4.75. The van der Waals surface area contributed by atoms with Crippen molar-refractivity contribution in [3.8, 4) is 11.3 Å². The Morgan fingerprint density at radius 1 is 1.23 bits per heavy atom. The average molecular weight is 335 g/mol. The molecule has 0 radical (unpaired) electrons. The predicted molar refractivity (Wildman–Crippen MR) is 85.5 cm³/mol. The van der Waals surface area contributed by atoms with Crippen molar-refractivity contribution in [3.63, 3.8) is 0 Å². The number of thiazole rings is 1. The van der Waals surface area contributed by atoms with Crippen LogP contribution in [-0.2, 0) is 5.75 Å². The van der Waals surface area contributed by atoms with E-state index in [0.717, 1.165) is 21.4 Å². The van der Waals surface area contributed by atoms with Crippen LogP contribution in [0.5, 0.6) is 0 Å². The molecular weight excluding hydrogens is 321 g/mol. The minimum absolute atomic E-state index is 0.245.